The fourth-order valence-electron chi connectivity index (χ4n) is 3.78. The smallest absolute Gasteiger partial charge is 0.348 e. The van der Waals surface area contributed by atoms with Gasteiger partial charge < -0.3 is 5.32 Å². The third kappa shape index (κ3) is 4.50. The number of alkyl halides is 3. The van der Waals surface area contributed by atoms with Crippen LogP contribution in [0, 0.1) is 0 Å². The number of hydrogen-bond donors (Lipinski definition) is 1. The molecule has 0 bridgehead atoms. The number of aromatic nitrogens is 2. The number of nitrogens with zero attached hydrogens (tertiary/aromatic N) is 2. The average molecular weight is 467 g/mol. The fourth-order valence-corrected chi connectivity index (χ4v) is 3.78. The molecule has 0 fully saturated rings. The van der Waals surface area contributed by atoms with Crippen LogP contribution in [0.5, 0.6) is 0 Å². The van der Waals surface area contributed by atoms with Crippen molar-refractivity contribution in [2.45, 2.75) is 25.7 Å². The number of carbonyl (C=O) groups excluding carboxylic acids is 1. The normalized spacial score (nSPS) is 12.5. The molecule has 1 atom stereocenters. The van der Waals surface area contributed by atoms with Gasteiger partial charge in [-0.1, -0.05) is 48.5 Å². The summed E-state index contributed by atoms with van der Waals surface area (Å²) < 4.78 is 41.4. The van der Waals surface area contributed by atoms with Crippen molar-refractivity contribution in [1.82, 2.24) is 14.5 Å². The quantitative estimate of drug-likeness (QED) is 0.481. The summed E-state index contributed by atoms with van der Waals surface area (Å²) in [7, 11) is 0. The Hall–Kier alpha value is -4.14. The summed E-state index contributed by atoms with van der Waals surface area (Å²) >= 11 is 0. The average Bonchev–Trinajstić information content (AvgIpc) is 2.82. The van der Waals surface area contributed by atoms with Gasteiger partial charge >= 0.3 is 11.9 Å². The third-order valence-electron chi connectivity index (χ3n) is 5.46. The molecule has 4 aromatic rings. The van der Waals surface area contributed by atoms with E-state index >= 15 is 0 Å². The highest BCUT2D eigenvalue weighted by molar-refractivity contribution is 5.82. The van der Waals surface area contributed by atoms with Gasteiger partial charge in [-0.25, -0.2) is 9.36 Å². The number of hydrogen-bond acceptors (Lipinski definition) is 3. The number of fused-ring (bicyclic) bond motifs is 1. The van der Waals surface area contributed by atoms with Crippen LogP contribution in [0.3, 0.4) is 0 Å². The number of carbonyl (C=O) groups is 1. The molecular formula is C25H20F3N3O3. The van der Waals surface area contributed by atoms with Crippen molar-refractivity contribution in [3.63, 3.8) is 0 Å². The lowest BCUT2D eigenvalue weighted by molar-refractivity contribution is -0.137. The van der Waals surface area contributed by atoms with Crippen LogP contribution in [0.4, 0.5) is 13.2 Å². The zero-order chi connectivity index (χ0) is 24.5. The van der Waals surface area contributed by atoms with Crippen LogP contribution in [0.15, 0.2) is 88.5 Å². The molecular weight excluding hydrogens is 447 g/mol. The van der Waals surface area contributed by atoms with Crippen LogP contribution >= 0.6 is 0 Å². The molecule has 0 aliphatic carbocycles. The van der Waals surface area contributed by atoms with E-state index in [1.807, 2.05) is 30.3 Å². The van der Waals surface area contributed by atoms with Gasteiger partial charge in [-0.15, -0.1) is 0 Å². The molecule has 1 heterocycles. The minimum atomic E-state index is -4.65. The first-order chi connectivity index (χ1) is 16.2. The maximum Gasteiger partial charge on any atom is 0.416 e. The van der Waals surface area contributed by atoms with Gasteiger partial charge in [-0.2, -0.15) is 13.2 Å². The topological polar surface area (TPSA) is 73.1 Å². The standard InChI is InChI=1S/C25H20F3N3O3/c1-16(17-8-3-2-4-9-17)29-22(32)15-30-21-13-6-5-12-20(21)23(33)31(24(30)34)19-11-7-10-18(14-19)25(26,27)28/h2-14,16H,15H2,1H3,(H,29,32). The number of nitrogens with one attached hydrogen (secondary N) is 1. The number of benzene rings is 3. The molecule has 0 spiro atoms. The molecule has 4 rings (SSSR count). The Balaban J connectivity index is 1.80. The highest BCUT2D eigenvalue weighted by Crippen LogP contribution is 2.30. The summed E-state index contributed by atoms with van der Waals surface area (Å²) in [5.41, 5.74) is -1.84. The molecule has 0 aliphatic heterocycles. The summed E-state index contributed by atoms with van der Waals surface area (Å²) in [6.45, 7) is 1.37. The van der Waals surface area contributed by atoms with Crippen molar-refractivity contribution in [3.05, 3.63) is 111 Å². The Bertz CT molecular complexity index is 1470. The van der Waals surface area contributed by atoms with Crippen LogP contribution in [-0.2, 0) is 17.5 Å². The minimum absolute atomic E-state index is 0.100. The van der Waals surface area contributed by atoms with Gasteiger partial charge in [-0.05, 0) is 42.8 Å². The van der Waals surface area contributed by atoms with E-state index in [4.69, 9.17) is 0 Å². The first-order valence-electron chi connectivity index (χ1n) is 10.4. The molecule has 9 heteroatoms. The van der Waals surface area contributed by atoms with Crippen LogP contribution in [0.2, 0.25) is 0 Å². The van der Waals surface area contributed by atoms with Crippen LogP contribution in [-0.4, -0.2) is 15.0 Å². The number of para-hydroxylation sites is 1. The Morgan fingerprint density at radius 2 is 1.62 bits per heavy atom. The molecule has 34 heavy (non-hydrogen) atoms. The zero-order valence-electron chi connectivity index (χ0n) is 18.0. The van der Waals surface area contributed by atoms with Crippen molar-refractivity contribution in [3.8, 4) is 5.69 Å². The molecule has 3 aromatic carbocycles. The van der Waals surface area contributed by atoms with Crippen molar-refractivity contribution in [1.29, 1.82) is 0 Å². The second-order valence-corrected chi connectivity index (χ2v) is 7.77. The van der Waals surface area contributed by atoms with E-state index in [-0.39, 0.29) is 22.6 Å². The fraction of sp³-hybridized carbons (Fsp3) is 0.160. The lowest BCUT2D eigenvalue weighted by Crippen LogP contribution is -2.42. The van der Waals surface area contributed by atoms with E-state index in [1.165, 1.54) is 18.2 Å². The molecule has 0 saturated heterocycles. The number of halogens is 3. The summed E-state index contributed by atoms with van der Waals surface area (Å²) in [5, 5.41) is 2.91. The Morgan fingerprint density at radius 3 is 2.32 bits per heavy atom. The maximum absolute atomic E-state index is 13.3. The monoisotopic (exact) mass is 467 g/mol. The SMILES string of the molecule is CC(NC(=O)Cn1c(=O)n(-c2cccc(C(F)(F)F)c2)c(=O)c2ccccc21)c1ccccc1. The molecule has 174 valence electrons. The van der Waals surface area contributed by atoms with Gasteiger partial charge in [-0.3, -0.25) is 14.2 Å². The second kappa shape index (κ2) is 9.01. The third-order valence-corrected chi connectivity index (χ3v) is 5.46. The van der Waals surface area contributed by atoms with Crippen molar-refractivity contribution in [2.75, 3.05) is 0 Å². The predicted molar refractivity (Wildman–Crippen MR) is 122 cm³/mol. The molecule has 0 radical (unpaired) electrons. The molecule has 6 nitrogen and oxygen atoms in total. The molecule has 1 unspecified atom stereocenters. The van der Waals surface area contributed by atoms with E-state index in [2.05, 4.69) is 5.32 Å². The molecule has 1 amide bonds. The number of rotatable bonds is 5. The minimum Gasteiger partial charge on any atom is -0.348 e. The Morgan fingerprint density at radius 1 is 0.941 bits per heavy atom. The van der Waals surface area contributed by atoms with E-state index in [1.54, 1.807) is 19.1 Å². The van der Waals surface area contributed by atoms with Crippen LogP contribution in [0.1, 0.15) is 24.1 Å². The Labute approximate surface area is 191 Å². The van der Waals surface area contributed by atoms with E-state index < -0.39 is 35.4 Å². The molecule has 0 saturated carbocycles. The van der Waals surface area contributed by atoms with Gasteiger partial charge in [0.25, 0.3) is 5.56 Å². The molecule has 1 aromatic heterocycles. The highest BCUT2D eigenvalue weighted by atomic mass is 19.4. The van der Waals surface area contributed by atoms with E-state index in [9.17, 15) is 27.6 Å². The highest BCUT2D eigenvalue weighted by Gasteiger charge is 2.31. The first-order valence-corrected chi connectivity index (χ1v) is 10.4. The lowest BCUT2D eigenvalue weighted by Gasteiger charge is -2.17. The Kier molecular flexibility index (Phi) is 6.10. The van der Waals surface area contributed by atoms with Gasteiger partial charge in [0.05, 0.1) is 28.2 Å². The van der Waals surface area contributed by atoms with Gasteiger partial charge in [0.2, 0.25) is 5.91 Å². The molecule has 0 aliphatic rings. The van der Waals surface area contributed by atoms with Gasteiger partial charge in [0.15, 0.2) is 0 Å². The van der Waals surface area contributed by atoms with Gasteiger partial charge in [0.1, 0.15) is 6.54 Å². The van der Waals surface area contributed by atoms with Crippen molar-refractivity contribution >= 4 is 16.8 Å². The van der Waals surface area contributed by atoms with Crippen LogP contribution < -0.4 is 16.6 Å². The lowest BCUT2D eigenvalue weighted by atomic mass is 10.1. The zero-order valence-corrected chi connectivity index (χ0v) is 18.0. The van der Waals surface area contributed by atoms with E-state index in [0.29, 0.717) is 4.57 Å². The number of amides is 1. The van der Waals surface area contributed by atoms with E-state index in [0.717, 1.165) is 28.3 Å². The summed E-state index contributed by atoms with van der Waals surface area (Å²) in [4.78, 5) is 39.2. The second-order valence-electron chi connectivity index (χ2n) is 7.77. The summed E-state index contributed by atoms with van der Waals surface area (Å²) in [5.74, 6) is -0.488. The van der Waals surface area contributed by atoms with Gasteiger partial charge in [0, 0.05) is 0 Å². The van der Waals surface area contributed by atoms with Crippen LogP contribution in [0.25, 0.3) is 16.6 Å². The maximum atomic E-state index is 13.3. The predicted octanol–water partition coefficient (Wildman–Crippen LogP) is 4.05. The van der Waals surface area contributed by atoms with Crippen molar-refractivity contribution in [2.24, 2.45) is 0 Å². The first kappa shape index (κ1) is 23.0. The molecule has 1 N–H and O–H groups in total. The summed E-state index contributed by atoms with van der Waals surface area (Å²) in [6, 6.07) is 19.0. The summed E-state index contributed by atoms with van der Waals surface area (Å²) in [6.07, 6.45) is -4.65. The largest absolute Gasteiger partial charge is 0.416 e. The van der Waals surface area contributed by atoms with Crippen molar-refractivity contribution < 1.29 is 18.0 Å².